The fraction of sp³-hybridized carbons (Fsp3) is 0.0476. The molecule has 112 valence electrons. The molecule has 4 aromatic rings. The molecule has 0 radical (unpaired) electrons. The Bertz CT molecular complexity index is 874. The first-order chi connectivity index (χ1) is 11.4. The molecule has 2 nitrogen and oxygen atoms in total. The topological polar surface area (TPSA) is 25.0 Å². The highest BCUT2D eigenvalue weighted by atomic mass is 16.5. The normalized spacial score (nSPS) is 10.8. The van der Waals surface area contributed by atoms with Crippen LogP contribution in [0.5, 0.6) is 5.75 Å². The van der Waals surface area contributed by atoms with E-state index in [0.717, 1.165) is 22.5 Å². The fourth-order valence-electron chi connectivity index (χ4n) is 2.70. The van der Waals surface area contributed by atoms with E-state index in [1.165, 1.54) is 10.9 Å². The molecule has 0 saturated carbocycles. The van der Waals surface area contributed by atoms with Gasteiger partial charge < -0.3 is 9.72 Å². The predicted octanol–water partition coefficient (Wildman–Crippen LogP) is 5.41. The van der Waals surface area contributed by atoms with Gasteiger partial charge in [0.05, 0.1) is 0 Å². The molecule has 4 rings (SSSR count). The third-order valence-electron chi connectivity index (χ3n) is 3.94. The number of rotatable bonds is 4. The van der Waals surface area contributed by atoms with Gasteiger partial charge in [-0.3, -0.25) is 0 Å². The summed E-state index contributed by atoms with van der Waals surface area (Å²) >= 11 is 0. The number of para-hydroxylation sites is 1. The van der Waals surface area contributed by atoms with Gasteiger partial charge >= 0.3 is 0 Å². The summed E-state index contributed by atoms with van der Waals surface area (Å²) in [6.45, 7) is 0.590. The molecule has 0 bridgehead atoms. The van der Waals surface area contributed by atoms with Crippen LogP contribution < -0.4 is 4.74 Å². The second-order valence-electron chi connectivity index (χ2n) is 5.57. The summed E-state index contributed by atoms with van der Waals surface area (Å²) in [6.07, 6.45) is 0. The Morgan fingerprint density at radius 1 is 0.739 bits per heavy atom. The molecule has 0 spiro atoms. The Kier molecular flexibility index (Phi) is 3.57. The van der Waals surface area contributed by atoms with Gasteiger partial charge in [0.25, 0.3) is 0 Å². The van der Waals surface area contributed by atoms with E-state index in [1.807, 2.05) is 36.4 Å². The van der Waals surface area contributed by atoms with Crippen molar-refractivity contribution < 1.29 is 4.74 Å². The van der Waals surface area contributed by atoms with Crippen molar-refractivity contribution in [2.45, 2.75) is 6.61 Å². The Balaban J connectivity index is 1.51. The van der Waals surface area contributed by atoms with Crippen LogP contribution in [-0.4, -0.2) is 4.98 Å². The smallest absolute Gasteiger partial charge is 0.119 e. The van der Waals surface area contributed by atoms with Crippen LogP contribution in [0.4, 0.5) is 0 Å². The highest BCUT2D eigenvalue weighted by molar-refractivity contribution is 5.85. The summed E-state index contributed by atoms with van der Waals surface area (Å²) in [5.41, 5.74) is 4.62. The average molecular weight is 299 g/mol. The van der Waals surface area contributed by atoms with E-state index in [-0.39, 0.29) is 0 Å². The molecule has 0 amide bonds. The van der Waals surface area contributed by atoms with E-state index in [1.54, 1.807) is 0 Å². The predicted molar refractivity (Wildman–Crippen MR) is 94.5 cm³/mol. The Labute approximate surface area is 135 Å². The van der Waals surface area contributed by atoms with E-state index in [2.05, 4.69) is 53.5 Å². The highest BCUT2D eigenvalue weighted by Crippen LogP contribution is 2.26. The van der Waals surface area contributed by atoms with Gasteiger partial charge in [-0.2, -0.15) is 0 Å². The molecule has 0 unspecified atom stereocenters. The third-order valence-corrected chi connectivity index (χ3v) is 3.94. The molecule has 2 heteroatoms. The first-order valence-electron chi connectivity index (χ1n) is 7.73. The maximum absolute atomic E-state index is 5.83. The van der Waals surface area contributed by atoms with Gasteiger partial charge in [-0.1, -0.05) is 48.5 Å². The summed E-state index contributed by atoms with van der Waals surface area (Å²) in [7, 11) is 0. The molecule has 0 aliphatic heterocycles. The third kappa shape index (κ3) is 2.97. The lowest BCUT2D eigenvalue weighted by molar-refractivity contribution is 0.306. The Hall–Kier alpha value is -3.00. The van der Waals surface area contributed by atoms with Crippen molar-refractivity contribution in [1.29, 1.82) is 0 Å². The lowest BCUT2D eigenvalue weighted by Crippen LogP contribution is -1.94. The molecule has 1 heterocycles. The van der Waals surface area contributed by atoms with E-state index in [0.29, 0.717) is 6.61 Å². The number of aromatic amines is 1. The largest absolute Gasteiger partial charge is 0.489 e. The number of hydrogen-bond donors (Lipinski definition) is 1. The van der Waals surface area contributed by atoms with Crippen LogP contribution in [0.1, 0.15) is 5.56 Å². The number of ether oxygens (including phenoxy) is 1. The highest BCUT2D eigenvalue weighted by Gasteiger charge is 2.03. The minimum Gasteiger partial charge on any atom is -0.489 e. The summed E-state index contributed by atoms with van der Waals surface area (Å²) < 4.78 is 5.83. The average Bonchev–Trinajstić information content (AvgIpc) is 3.05. The molecule has 0 aliphatic rings. The molecular formula is C21H17NO. The maximum Gasteiger partial charge on any atom is 0.119 e. The molecule has 3 aromatic carbocycles. The van der Waals surface area contributed by atoms with Crippen molar-refractivity contribution in [2.75, 3.05) is 0 Å². The molecule has 0 aliphatic carbocycles. The van der Waals surface area contributed by atoms with Crippen molar-refractivity contribution >= 4 is 10.9 Å². The number of benzene rings is 3. The van der Waals surface area contributed by atoms with Gasteiger partial charge in [0.2, 0.25) is 0 Å². The van der Waals surface area contributed by atoms with Crippen LogP contribution >= 0.6 is 0 Å². The Morgan fingerprint density at radius 3 is 2.26 bits per heavy atom. The van der Waals surface area contributed by atoms with Crippen LogP contribution in [0.25, 0.3) is 22.2 Å². The fourth-order valence-corrected chi connectivity index (χ4v) is 2.70. The standard InChI is InChI=1S/C21H17NO/c1-2-6-16(7-3-1)15-23-19-12-10-17(11-13-19)21-14-18-8-4-5-9-20(18)22-21/h1-14,22H,15H2. The van der Waals surface area contributed by atoms with Crippen molar-refractivity contribution in [1.82, 2.24) is 4.98 Å². The number of fused-ring (bicyclic) bond motifs is 1. The number of aromatic nitrogens is 1. The first kappa shape index (κ1) is 13.6. The van der Waals surface area contributed by atoms with Crippen LogP contribution in [0, 0.1) is 0 Å². The van der Waals surface area contributed by atoms with Crippen LogP contribution in [0.15, 0.2) is 84.9 Å². The molecular weight excluding hydrogens is 282 g/mol. The van der Waals surface area contributed by atoms with Crippen molar-refractivity contribution in [3.63, 3.8) is 0 Å². The van der Waals surface area contributed by atoms with Crippen LogP contribution in [-0.2, 0) is 6.61 Å². The summed E-state index contributed by atoms with van der Waals surface area (Å²) in [6, 6.07) is 28.9. The van der Waals surface area contributed by atoms with Gasteiger partial charge in [-0.25, -0.2) is 0 Å². The van der Waals surface area contributed by atoms with Gasteiger partial charge in [0, 0.05) is 16.6 Å². The number of hydrogen-bond acceptors (Lipinski definition) is 1. The van der Waals surface area contributed by atoms with Crippen molar-refractivity contribution in [3.05, 3.63) is 90.5 Å². The minimum absolute atomic E-state index is 0.590. The zero-order valence-electron chi connectivity index (χ0n) is 12.7. The number of nitrogens with one attached hydrogen (secondary N) is 1. The van der Waals surface area contributed by atoms with Crippen molar-refractivity contribution in [3.8, 4) is 17.0 Å². The summed E-state index contributed by atoms with van der Waals surface area (Å²) in [4.78, 5) is 3.45. The van der Waals surface area contributed by atoms with Gasteiger partial charge in [0.15, 0.2) is 0 Å². The molecule has 23 heavy (non-hydrogen) atoms. The molecule has 0 atom stereocenters. The minimum atomic E-state index is 0.590. The Morgan fingerprint density at radius 2 is 1.48 bits per heavy atom. The van der Waals surface area contributed by atoms with Gasteiger partial charge in [0.1, 0.15) is 12.4 Å². The summed E-state index contributed by atoms with van der Waals surface area (Å²) in [5, 5.41) is 1.23. The number of H-pyrrole nitrogens is 1. The van der Waals surface area contributed by atoms with Gasteiger partial charge in [-0.05, 0) is 47.5 Å². The lowest BCUT2D eigenvalue weighted by atomic mass is 10.1. The zero-order valence-corrected chi connectivity index (χ0v) is 12.7. The van der Waals surface area contributed by atoms with Crippen LogP contribution in [0.2, 0.25) is 0 Å². The quantitative estimate of drug-likeness (QED) is 0.535. The molecule has 1 aromatic heterocycles. The second-order valence-corrected chi connectivity index (χ2v) is 5.57. The monoisotopic (exact) mass is 299 g/mol. The zero-order chi connectivity index (χ0) is 15.5. The molecule has 0 saturated heterocycles. The lowest BCUT2D eigenvalue weighted by Gasteiger charge is -2.07. The van der Waals surface area contributed by atoms with E-state index < -0.39 is 0 Å². The van der Waals surface area contributed by atoms with Crippen molar-refractivity contribution in [2.24, 2.45) is 0 Å². The van der Waals surface area contributed by atoms with E-state index >= 15 is 0 Å². The first-order valence-corrected chi connectivity index (χ1v) is 7.73. The molecule has 0 fully saturated rings. The summed E-state index contributed by atoms with van der Waals surface area (Å²) in [5.74, 6) is 0.883. The van der Waals surface area contributed by atoms with E-state index in [9.17, 15) is 0 Å². The van der Waals surface area contributed by atoms with Crippen LogP contribution in [0.3, 0.4) is 0 Å². The molecule has 1 N–H and O–H groups in total. The van der Waals surface area contributed by atoms with E-state index in [4.69, 9.17) is 4.74 Å². The second kappa shape index (κ2) is 6.01. The maximum atomic E-state index is 5.83. The SMILES string of the molecule is c1ccc(COc2ccc(-c3cc4ccccc4[nH]3)cc2)cc1. The van der Waals surface area contributed by atoms with Gasteiger partial charge in [-0.15, -0.1) is 0 Å².